The molecule has 0 radical (unpaired) electrons. The van der Waals surface area contributed by atoms with Crippen molar-refractivity contribution >= 4 is 11.9 Å². The molecule has 0 spiro atoms. The lowest BCUT2D eigenvalue weighted by atomic mass is 9.93. The number of carbonyl (C=O) groups is 2. The van der Waals surface area contributed by atoms with Crippen LogP contribution in [0, 0.1) is 5.92 Å². The van der Waals surface area contributed by atoms with Gasteiger partial charge in [-0.2, -0.15) is 0 Å². The normalized spacial score (nSPS) is 27.2. The van der Waals surface area contributed by atoms with Crippen molar-refractivity contribution in [1.82, 2.24) is 9.88 Å². The van der Waals surface area contributed by atoms with Crippen molar-refractivity contribution in [1.29, 1.82) is 0 Å². The minimum absolute atomic E-state index is 0.0159. The summed E-state index contributed by atoms with van der Waals surface area (Å²) in [7, 11) is 1.72. The highest BCUT2D eigenvalue weighted by Gasteiger charge is 2.40. The largest absolute Gasteiger partial charge is 0.477 e. The number of aromatic carboxylic acids is 1. The van der Waals surface area contributed by atoms with E-state index in [1.54, 1.807) is 7.11 Å². The topological polar surface area (TPSA) is 89.0 Å². The Bertz CT molecular complexity index is 604. The average molecular weight is 334 g/mol. The van der Waals surface area contributed by atoms with E-state index in [9.17, 15) is 9.59 Å². The Morgan fingerprint density at radius 1 is 1.38 bits per heavy atom. The molecule has 2 heterocycles. The van der Waals surface area contributed by atoms with Gasteiger partial charge in [0.2, 0.25) is 0 Å². The average Bonchev–Trinajstić information content (AvgIpc) is 3.09. The molecule has 1 saturated carbocycles. The summed E-state index contributed by atoms with van der Waals surface area (Å²) in [6.45, 7) is 1.54. The number of carboxylic acids is 1. The van der Waals surface area contributed by atoms with Crippen LogP contribution in [0.3, 0.4) is 0 Å². The van der Waals surface area contributed by atoms with Gasteiger partial charge in [0.25, 0.3) is 5.91 Å². The van der Waals surface area contributed by atoms with Gasteiger partial charge in [0.15, 0.2) is 0 Å². The molecule has 1 aliphatic heterocycles. The molecule has 7 heteroatoms. The van der Waals surface area contributed by atoms with E-state index >= 15 is 0 Å². The third-order valence-electron chi connectivity index (χ3n) is 4.96. The van der Waals surface area contributed by atoms with E-state index in [1.165, 1.54) is 18.3 Å². The number of hydrogen-bond acceptors (Lipinski definition) is 5. The van der Waals surface area contributed by atoms with E-state index in [0.717, 1.165) is 19.3 Å². The number of morpholine rings is 1. The van der Waals surface area contributed by atoms with Crippen molar-refractivity contribution in [3.63, 3.8) is 0 Å². The molecule has 7 nitrogen and oxygen atoms in total. The molecule has 3 atom stereocenters. The number of carboxylic acid groups (broad SMARTS) is 1. The maximum atomic E-state index is 12.9. The number of rotatable bonds is 4. The van der Waals surface area contributed by atoms with E-state index in [4.69, 9.17) is 14.6 Å². The van der Waals surface area contributed by atoms with Gasteiger partial charge in [-0.25, -0.2) is 9.78 Å². The van der Waals surface area contributed by atoms with Crippen molar-refractivity contribution < 1.29 is 24.2 Å². The first-order valence-corrected chi connectivity index (χ1v) is 8.22. The van der Waals surface area contributed by atoms with Crippen molar-refractivity contribution in [3.8, 4) is 0 Å². The molecular formula is C17H22N2O5. The number of pyridine rings is 1. The number of nitrogens with zero attached hydrogens (tertiary/aromatic N) is 2. The van der Waals surface area contributed by atoms with Crippen molar-refractivity contribution in [2.75, 3.05) is 26.9 Å². The number of methoxy groups -OCH3 is 1. The van der Waals surface area contributed by atoms with Gasteiger partial charge in [-0.15, -0.1) is 0 Å². The molecule has 1 aliphatic carbocycles. The van der Waals surface area contributed by atoms with Crippen LogP contribution < -0.4 is 0 Å². The summed E-state index contributed by atoms with van der Waals surface area (Å²) in [5.74, 6) is -0.966. The molecule has 1 saturated heterocycles. The van der Waals surface area contributed by atoms with Crippen LogP contribution in [-0.4, -0.2) is 65.9 Å². The summed E-state index contributed by atoms with van der Waals surface area (Å²) >= 11 is 0. The molecule has 3 unspecified atom stereocenters. The van der Waals surface area contributed by atoms with Crippen LogP contribution in [0.1, 0.15) is 40.1 Å². The van der Waals surface area contributed by atoms with Crippen LogP contribution in [0.5, 0.6) is 0 Å². The minimum atomic E-state index is -1.10. The fourth-order valence-corrected chi connectivity index (χ4v) is 3.73. The van der Waals surface area contributed by atoms with Gasteiger partial charge in [-0.1, -0.05) is 6.42 Å². The van der Waals surface area contributed by atoms with Gasteiger partial charge in [0.1, 0.15) is 5.69 Å². The lowest BCUT2D eigenvalue weighted by Crippen LogP contribution is -2.53. The maximum Gasteiger partial charge on any atom is 0.354 e. The first-order chi connectivity index (χ1) is 11.6. The first kappa shape index (κ1) is 16.9. The monoisotopic (exact) mass is 334 g/mol. The second-order valence-electron chi connectivity index (χ2n) is 6.25. The lowest BCUT2D eigenvalue weighted by Gasteiger charge is -2.40. The van der Waals surface area contributed by atoms with E-state index in [0.29, 0.717) is 25.3 Å². The first-order valence-electron chi connectivity index (χ1n) is 8.22. The minimum Gasteiger partial charge on any atom is -0.477 e. The van der Waals surface area contributed by atoms with Gasteiger partial charge in [-0.3, -0.25) is 4.79 Å². The summed E-state index contributed by atoms with van der Waals surface area (Å²) in [4.78, 5) is 29.5. The summed E-state index contributed by atoms with van der Waals surface area (Å²) in [5, 5.41) is 8.92. The van der Waals surface area contributed by atoms with Crippen LogP contribution in [0.4, 0.5) is 0 Å². The van der Waals surface area contributed by atoms with Crippen molar-refractivity contribution in [3.05, 3.63) is 29.6 Å². The molecule has 1 aromatic rings. The second-order valence-corrected chi connectivity index (χ2v) is 6.25. The maximum absolute atomic E-state index is 12.9. The quantitative estimate of drug-likeness (QED) is 0.896. The fourth-order valence-electron chi connectivity index (χ4n) is 3.73. The molecule has 24 heavy (non-hydrogen) atoms. The zero-order valence-corrected chi connectivity index (χ0v) is 13.7. The molecule has 2 aliphatic rings. The lowest BCUT2D eigenvalue weighted by molar-refractivity contribution is -0.0460. The molecule has 1 amide bonds. The van der Waals surface area contributed by atoms with Gasteiger partial charge in [0, 0.05) is 25.8 Å². The van der Waals surface area contributed by atoms with Gasteiger partial charge >= 0.3 is 5.97 Å². The zero-order chi connectivity index (χ0) is 17.1. The molecule has 2 fully saturated rings. The standard InChI is InChI=1S/C17H22N2O5/c1-23-15-4-2-3-12(15)14-10-24-8-7-19(14)16(20)11-5-6-13(17(21)22)18-9-11/h5-6,9,12,14-15H,2-4,7-8,10H2,1H3,(H,21,22). The van der Waals surface area contributed by atoms with Crippen LogP contribution in [-0.2, 0) is 9.47 Å². The molecule has 130 valence electrons. The van der Waals surface area contributed by atoms with Crippen LogP contribution >= 0.6 is 0 Å². The molecule has 1 N–H and O–H groups in total. The molecule has 0 bridgehead atoms. The van der Waals surface area contributed by atoms with E-state index in [-0.39, 0.29) is 29.7 Å². The Morgan fingerprint density at radius 2 is 2.21 bits per heavy atom. The number of ether oxygens (including phenoxy) is 2. The molecule has 1 aromatic heterocycles. The predicted octanol–water partition coefficient (Wildman–Crippen LogP) is 1.44. The molecule has 3 rings (SSSR count). The number of aromatic nitrogens is 1. The van der Waals surface area contributed by atoms with E-state index < -0.39 is 5.97 Å². The van der Waals surface area contributed by atoms with E-state index in [1.807, 2.05) is 4.90 Å². The van der Waals surface area contributed by atoms with Gasteiger partial charge < -0.3 is 19.5 Å². The Morgan fingerprint density at radius 3 is 2.88 bits per heavy atom. The zero-order valence-electron chi connectivity index (χ0n) is 13.7. The number of carbonyl (C=O) groups excluding carboxylic acids is 1. The highest BCUT2D eigenvalue weighted by Crippen LogP contribution is 2.34. The number of hydrogen-bond donors (Lipinski definition) is 1. The Labute approximate surface area is 140 Å². The van der Waals surface area contributed by atoms with Crippen molar-refractivity contribution in [2.24, 2.45) is 5.92 Å². The smallest absolute Gasteiger partial charge is 0.354 e. The van der Waals surface area contributed by atoms with Crippen LogP contribution in [0.15, 0.2) is 18.3 Å². The van der Waals surface area contributed by atoms with Crippen LogP contribution in [0.2, 0.25) is 0 Å². The SMILES string of the molecule is COC1CCCC1C1COCCN1C(=O)c1ccc(C(=O)O)nc1. The molecular weight excluding hydrogens is 312 g/mol. The van der Waals surface area contributed by atoms with E-state index in [2.05, 4.69) is 4.98 Å². The summed E-state index contributed by atoms with van der Waals surface area (Å²) < 4.78 is 11.2. The Hall–Kier alpha value is -1.99. The van der Waals surface area contributed by atoms with Gasteiger partial charge in [-0.05, 0) is 25.0 Å². The molecule has 0 aromatic carbocycles. The summed E-state index contributed by atoms with van der Waals surface area (Å²) in [6.07, 6.45) is 4.61. The summed E-state index contributed by atoms with van der Waals surface area (Å²) in [5.41, 5.74) is 0.333. The Kier molecular flexibility index (Phi) is 5.11. The number of amides is 1. The third-order valence-corrected chi connectivity index (χ3v) is 4.96. The fraction of sp³-hybridized carbons (Fsp3) is 0.588. The highest BCUT2D eigenvalue weighted by atomic mass is 16.5. The van der Waals surface area contributed by atoms with Crippen LogP contribution in [0.25, 0.3) is 0 Å². The van der Waals surface area contributed by atoms with Gasteiger partial charge in [0.05, 0.1) is 30.9 Å². The highest BCUT2D eigenvalue weighted by molar-refractivity contribution is 5.95. The third kappa shape index (κ3) is 3.27. The predicted molar refractivity (Wildman–Crippen MR) is 85.0 cm³/mol. The van der Waals surface area contributed by atoms with Crippen molar-refractivity contribution in [2.45, 2.75) is 31.4 Å². The summed E-state index contributed by atoms with van der Waals surface area (Å²) in [6, 6.07) is 2.87. The second kappa shape index (κ2) is 7.27. The Balaban J connectivity index is 1.79.